The van der Waals surface area contributed by atoms with E-state index in [1.807, 2.05) is 0 Å². The minimum Gasteiger partial charge on any atom is -0.368 e. The second kappa shape index (κ2) is 5.62. The third-order valence-electron chi connectivity index (χ3n) is 2.90. The average Bonchev–Trinajstić information content (AvgIpc) is 2.77. The molecule has 0 aliphatic carbocycles. The van der Waals surface area contributed by atoms with E-state index in [2.05, 4.69) is 4.98 Å². The van der Waals surface area contributed by atoms with Crippen molar-refractivity contribution in [2.45, 2.75) is 12.3 Å². The quantitative estimate of drug-likeness (QED) is 0.551. The highest BCUT2D eigenvalue weighted by atomic mass is 31.2. The Hall–Kier alpha value is -1.05. The van der Waals surface area contributed by atoms with Gasteiger partial charge in [0.15, 0.2) is 11.3 Å². The van der Waals surface area contributed by atoms with E-state index in [9.17, 15) is 18.9 Å². The summed E-state index contributed by atoms with van der Waals surface area (Å²) in [6.45, 7) is 0. The van der Waals surface area contributed by atoms with Crippen LogP contribution in [-0.2, 0) is 20.3 Å². The fraction of sp³-hybridized carbons (Fsp3) is 0.300. The Morgan fingerprint density at radius 2 is 1.95 bits per heavy atom. The Bertz CT molecular complexity index is 747. The van der Waals surface area contributed by atoms with Crippen molar-refractivity contribution >= 4 is 26.3 Å². The molecule has 21 heavy (non-hydrogen) atoms. The predicted octanol–water partition coefficient (Wildman–Crippen LogP) is -0.170. The molecular weight excluding hydrogens is 322 g/mol. The Morgan fingerprint density at radius 1 is 1.29 bits per heavy atom. The lowest BCUT2D eigenvalue weighted by atomic mass is 10.2. The summed E-state index contributed by atoms with van der Waals surface area (Å²) in [7, 11) is -7.74. The summed E-state index contributed by atoms with van der Waals surface area (Å²) < 4.78 is 28.5. The molecule has 2 heterocycles. The first-order valence-corrected chi connectivity index (χ1v) is 9.02. The lowest BCUT2D eigenvalue weighted by molar-refractivity contribution is 0.136. The summed E-state index contributed by atoms with van der Waals surface area (Å²) in [5, 5.41) is 0. The summed E-state index contributed by atoms with van der Waals surface area (Å²) in [6, 6.07) is 3.06. The zero-order valence-electron chi connectivity index (χ0n) is 10.9. The summed E-state index contributed by atoms with van der Waals surface area (Å²) >= 11 is 0. The molecule has 11 heteroatoms. The number of nitrogens with zero attached hydrogens (tertiary/aromatic N) is 2. The summed E-state index contributed by atoms with van der Waals surface area (Å²) in [5.41, 5.74) is 0.483. The molecule has 0 radical (unpaired) electrons. The molecule has 0 saturated heterocycles. The average molecular weight is 336 g/mol. The summed E-state index contributed by atoms with van der Waals surface area (Å²) in [4.78, 5) is 40.6. The van der Waals surface area contributed by atoms with Gasteiger partial charge in [0.25, 0.3) is 0 Å². The first kappa shape index (κ1) is 16.3. The van der Waals surface area contributed by atoms with Crippen molar-refractivity contribution in [1.82, 2.24) is 9.38 Å². The molecule has 9 nitrogen and oxygen atoms in total. The minimum atomic E-state index is -4.49. The molecule has 1 atom stereocenters. The van der Waals surface area contributed by atoms with Crippen molar-refractivity contribution in [1.29, 1.82) is 0 Å². The Kier molecular flexibility index (Phi) is 4.37. The predicted molar refractivity (Wildman–Crippen MR) is 73.4 cm³/mol. The number of methoxy groups -OCH3 is 1. The van der Waals surface area contributed by atoms with Gasteiger partial charge < -0.3 is 24.3 Å². The van der Waals surface area contributed by atoms with E-state index in [4.69, 9.17) is 14.5 Å². The van der Waals surface area contributed by atoms with Crippen LogP contribution in [0.15, 0.2) is 24.5 Å². The molecule has 0 bridgehead atoms. The standard InChI is InChI=1S/C10H14N2O7P2/c1-19-10(21(16,17)18)4-7-2-3-8-11-5-9(12(8)6-7)20(13,14)15/h2-3,5-6,10H,4H2,1H3,(H2,13,14,15)(H2,16,17,18). The van der Waals surface area contributed by atoms with Gasteiger partial charge in [0, 0.05) is 19.7 Å². The van der Waals surface area contributed by atoms with Gasteiger partial charge in [-0.2, -0.15) is 0 Å². The van der Waals surface area contributed by atoms with E-state index in [1.165, 1.54) is 23.8 Å². The van der Waals surface area contributed by atoms with Gasteiger partial charge in [-0.1, -0.05) is 6.07 Å². The number of aromatic nitrogens is 2. The summed E-state index contributed by atoms with van der Waals surface area (Å²) in [5.74, 6) is -1.32. The number of hydrogen-bond donors (Lipinski definition) is 4. The van der Waals surface area contributed by atoms with Crippen LogP contribution in [0, 0.1) is 0 Å². The van der Waals surface area contributed by atoms with Crippen LogP contribution in [0.3, 0.4) is 0 Å². The van der Waals surface area contributed by atoms with Gasteiger partial charge in [-0.25, -0.2) is 4.98 Å². The van der Waals surface area contributed by atoms with Crippen molar-refractivity contribution in [2.24, 2.45) is 0 Å². The van der Waals surface area contributed by atoms with Crippen molar-refractivity contribution in [3.8, 4) is 0 Å². The second-order valence-corrected chi connectivity index (χ2v) is 7.71. The molecule has 0 aromatic carbocycles. The minimum absolute atomic E-state index is 0.102. The monoisotopic (exact) mass is 336 g/mol. The maximum absolute atomic E-state index is 11.3. The third kappa shape index (κ3) is 3.59. The largest absolute Gasteiger partial charge is 0.374 e. The van der Waals surface area contributed by atoms with Crippen molar-refractivity contribution in [2.75, 3.05) is 7.11 Å². The van der Waals surface area contributed by atoms with E-state index >= 15 is 0 Å². The van der Waals surface area contributed by atoms with E-state index < -0.39 is 21.0 Å². The first-order chi connectivity index (χ1) is 9.63. The van der Waals surface area contributed by atoms with Gasteiger partial charge in [0.1, 0.15) is 5.65 Å². The Balaban J connectivity index is 2.43. The number of hydrogen-bond acceptors (Lipinski definition) is 4. The molecule has 2 aromatic heterocycles. The van der Waals surface area contributed by atoms with E-state index in [0.29, 0.717) is 11.2 Å². The van der Waals surface area contributed by atoms with Gasteiger partial charge in [0.05, 0.1) is 6.20 Å². The molecule has 1 unspecified atom stereocenters. The van der Waals surface area contributed by atoms with Crippen LogP contribution in [0.2, 0.25) is 0 Å². The van der Waals surface area contributed by atoms with Gasteiger partial charge in [-0.3, -0.25) is 13.5 Å². The summed E-state index contributed by atoms with van der Waals surface area (Å²) in [6.07, 6.45) is 2.34. The van der Waals surface area contributed by atoms with Gasteiger partial charge in [0.2, 0.25) is 0 Å². The zero-order chi connectivity index (χ0) is 15.8. The van der Waals surface area contributed by atoms with Crippen LogP contribution < -0.4 is 5.44 Å². The molecule has 0 spiro atoms. The molecule has 2 rings (SSSR count). The highest BCUT2D eigenvalue weighted by molar-refractivity contribution is 7.60. The number of pyridine rings is 1. The number of ether oxygens (including phenoxy) is 1. The van der Waals surface area contributed by atoms with Crippen molar-refractivity contribution < 1.29 is 33.4 Å². The maximum atomic E-state index is 11.3. The number of fused-ring (bicyclic) bond motifs is 1. The first-order valence-electron chi connectivity index (χ1n) is 5.73. The topological polar surface area (TPSA) is 142 Å². The Morgan fingerprint density at radius 3 is 2.48 bits per heavy atom. The Labute approximate surface area is 119 Å². The zero-order valence-corrected chi connectivity index (χ0v) is 12.7. The molecular formula is C10H14N2O7P2. The van der Waals surface area contributed by atoms with Crippen LogP contribution in [0.5, 0.6) is 0 Å². The van der Waals surface area contributed by atoms with Crippen LogP contribution in [0.25, 0.3) is 5.65 Å². The normalized spacial score (nSPS) is 14.5. The smallest absolute Gasteiger partial charge is 0.368 e. The van der Waals surface area contributed by atoms with Crippen LogP contribution >= 0.6 is 15.2 Å². The fourth-order valence-corrected chi connectivity index (χ4v) is 3.26. The highest BCUT2D eigenvalue weighted by Crippen LogP contribution is 2.43. The number of imidazole rings is 1. The van der Waals surface area contributed by atoms with Crippen molar-refractivity contribution in [3.05, 3.63) is 30.1 Å². The highest BCUT2D eigenvalue weighted by Gasteiger charge is 2.29. The van der Waals surface area contributed by atoms with Crippen LogP contribution in [0.4, 0.5) is 0 Å². The second-order valence-electron chi connectivity index (χ2n) is 4.41. The fourth-order valence-electron chi connectivity index (χ4n) is 1.89. The molecule has 116 valence electrons. The number of rotatable bonds is 5. The lowest BCUT2D eigenvalue weighted by Gasteiger charge is -2.16. The van der Waals surface area contributed by atoms with Gasteiger partial charge >= 0.3 is 15.2 Å². The molecule has 2 aromatic rings. The molecule has 0 aliphatic rings. The van der Waals surface area contributed by atoms with Crippen molar-refractivity contribution in [3.63, 3.8) is 0 Å². The third-order valence-corrected chi connectivity index (χ3v) is 4.97. The van der Waals surface area contributed by atoms with Gasteiger partial charge in [-0.05, 0) is 11.6 Å². The molecule has 0 saturated carbocycles. The molecule has 0 aliphatic heterocycles. The lowest BCUT2D eigenvalue weighted by Crippen LogP contribution is -2.16. The van der Waals surface area contributed by atoms with Crippen LogP contribution in [-0.4, -0.2) is 41.9 Å². The maximum Gasteiger partial charge on any atom is 0.374 e. The van der Waals surface area contributed by atoms with E-state index in [0.717, 1.165) is 6.20 Å². The molecule has 0 amide bonds. The SMILES string of the molecule is COC(Cc1ccc2ncc(P(=O)(O)O)n2c1)P(=O)(O)O. The van der Waals surface area contributed by atoms with Gasteiger partial charge in [-0.15, -0.1) is 0 Å². The molecule has 4 N–H and O–H groups in total. The van der Waals surface area contributed by atoms with Crippen LogP contribution in [0.1, 0.15) is 5.56 Å². The van der Waals surface area contributed by atoms with E-state index in [-0.39, 0.29) is 11.9 Å². The molecule has 0 fully saturated rings. The van der Waals surface area contributed by atoms with E-state index in [1.54, 1.807) is 6.07 Å².